The Bertz CT molecular complexity index is 92.2. The summed E-state index contributed by atoms with van der Waals surface area (Å²) < 4.78 is 0. The largest absolute Gasteiger partial charge is 0.0903 e. The molecule has 0 bridgehead atoms. The van der Waals surface area contributed by atoms with E-state index in [1.807, 2.05) is 0 Å². The third-order valence-electron chi connectivity index (χ3n) is 2.97. The quantitative estimate of drug-likeness (QED) is 0.525. The van der Waals surface area contributed by atoms with Crippen LogP contribution in [0.25, 0.3) is 0 Å². The summed E-state index contributed by atoms with van der Waals surface area (Å²) in [5, 5.41) is 0. The first-order chi connectivity index (χ1) is 5.04. The number of hydrogen-bond acceptors (Lipinski definition) is 0. The fraction of sp³-hybridized carbons (Fsp3) is 0.909. The van der Waals surface area contributed by atoms with Crippen molar-refractivity contribution >= 4 is 0 Å². The van der Waals surface area contributed by atoms with Crippen LogP contribution in [0, 0.1) is 18.3 Å². The van der Waals surface area contributed by atoms with Gasteiger partial charge in [0, 0.05) is 5.41 Å². The zero-order valence-electron chi connectivity index (χ0n) is 8.61. The predicted molar refractivity (Wildman–Crippen MR) is 52.4 cm³/mol. The van der Waals surface area contributed by atoms with Crippen molar-refractivity contribution in [1.29, 1.82) is 0 Å². The van der Waals surface area contributed by atoms with Gasteiger partial charge in [0.25, 0.3) is 0 Å². The van der Waals surface area contributed by atoms with E-state index in [1.165, 1.54) is 19.3 Å². The van der Waals surface area contributed by atoms with Crippen molar-refractivity contribution in [1.82, 2.24) is 0 Å². The first-order valence-electron chi connectivity index (χ1n) is 4.83. The molecule has 66 valence electrons. The molecule has 0 N–H and O–H groups in total. The lowest BCUT2D eigenvalue weighted by molar-refractivity contribution is 0.216. The zero-order chi connectivity index (χ0) is 8.91. The monoisotopic (exact) mass is 155 g/mol. The van der Waals surface area contributed by atoms with Crippen LogP contribution in [0.3, 0.4) is 0 Å². The van der Waals surface area contributed by atoms with Gasteiger partial charge in [-0.15, -0.1) is 0 Å². The molecule has 0 aromatic rings. The summed E-state index contributed by atoms with van der Waals surface area (Å²) in [6.07, 6.45) is 5.10. The number of hydrogen-bond donors (Lipinski definition) is 0. The van der Waals surface area contributed by atoms with Crippen LogP contribution in [0.4, 0.5) is 0 Å². The second-order valence-electron chi connectivity index (χ2n) is 4.28. The Labute approximate surface area is 72.4 Å². The third-order valence-corrected chi connectivity index (χ3v) is 2.97. The highest BCUT2D eigenvalue weighted by molar-refractivity contribution is 4.75. The Morgan fingerprint density at radius 2 is 1.91 bits per heavy atom. The minimum absolute atomic E-state index is 0.440. The SMILES string of the molecule is [CH2+]CC(C)(C)C(C)CCCC. The van der Waals surface area contributed by atoms with Crippen LogP contribution in [-0.4, -0.2) is 0 Å². The molecule has 11 heavy (non-hydrogen) atoms. The van der Waals surface area contributed by atoms with Gasteiger partial charge in [-0.3, -0.25) is 0 Å². The van der Waals surface area contributed by atoms with E-state index in [-0.39, 0.29) is 0 Å². The molecule has 0 aromatic carbocycles. The first-order valence-corrected chi connectivity index (χ1v) is 4.83. The van der Waals surface area contributed by atoms with E-state index in [9.17, 15) is 0 Å². The molecule has 0 saturated heterocycles. The van der Waals surface area contributed by atoms with Crippen LogP contribution in [0.2, 0.25) is 0 Å². The van der Waals surface area contributed by atoms with Crippen molar-refractivity contribution in [2.24, 2.45) is 11.3 Å². The van der Waals surface area contributed by atoms with Gasteiger partial charge < -0.3 is 0 Å². The summed E-state index contributed by atoms with van der Waals surface area (Å²) in [4.78, 5) is 0. The van der Waals surface area contributed by atoms with Crippen molar-refractivity contribution in [2.45, 2.75) is 53.4 Å². The molecule has 0 nitrogen and oxygen atoms in total. The molecule has 0 radical (unpaired) electrons. The molecule has 0 heterocycles. The molecular formula is C11H23+. The lowest BCUT2D eigenvalue weighted by atomic mass is 9.75. The van der Waals surface area contributed by atoms with E-state index < -0.39 is 0 Å². The van der Waals surface area contributed by atoms with Gasteiger partial charge in [-0.05, 0) is 5.92 Å². The Kier molecular flexibility index (Phi) is 4.63. The predicted octanol–water partition coefficient (Wildman–Crippen LogP) is 4.06. The first kappa shape index (κ1) is 10.9. The summed E-state index contributed by atoms with van der Waals surface area (Å²) in [5.74, 6) is 0.819. The highest BCUT2D eigenvalue weighted by Crippen LogP contribution is 2.33. The van der Waals surface area contributed by atoms with Crippen LogP contribution >= 0.6 is 0 Å². The lowest BCUT2D eigenvalue weighted by Gasteiger charge is -2.27. The van der Waals surface area contributed by atoms with E-state index in [1.54, 1.807) is 0 Å². The lowest BCUT2D eigenvalue weighted by Crippen LogP contribution is -2.20. The van der Waals surface area contributed by atoms with Crippen LogP contribution < -0.4 is 0 Å². The van der Waals surface area contributed by atoms with Gasteiger partial charge in [-0.1, -0.05) is 47.0 Å². The fourth-order valence-electron chi connectivity index (χ4n) is 1.15. The second-order valence-corrected chi connectivity index (χ2v) is 4.28. The van der Waals surface area contributed by atoms with Gasteiger partial charge in [0.1, 0.15) is 0 Å². The molecule has 0 heteroatoms. The molecule has 0 spiro atoms. The van der Waals surface area contributed by atoms with Crippen LogP contribution in [0.5, 0.6) is 0 Å². The van der Waals surface area contributed by atoms with Crippen LogP contribution in [0.1, 0.15) is 53.4 Å². The molecule has 0 fully saturated rings. The topological polar surface area (TPSA) is 0 Å². The summed E-state index contributed by atoms with van der Waals surface area (Å²) in [7, 11) is 0. The standard InChI is InChI=1S/C11H23/c1-6-8-9-10(3)11(4,5)7-2/h10H,2,6-9H2,1,3-5H3/q+1. The average molecular weight is 155 g/mol. The molecule has 0 aliphatic carbocycles. The van der Waals surface area contributed by atoms with Gasteiger partial charge in [-0.25, -0.2) is 0 Å². The van der Waals surface area contributed by atoms with Crippen LogP contribution in [-0.2, 0) is 0 Å². The van der Waals surface area contributed by atoms with Crippen molar-refractivity contribution in [3.8, 4) is 0 Å². The minimum atomic E-state index is 0.440. The fourth-order valence-corrected chi connectivity index (χ4v) is 1.15. The van der Waals surface area contributed by atoms with Crippen molar-refractivity contribution in [3.05, 3.63) is 6.92 Å². The van der Waals surface area contributed by atoms with Gasteiger partial charge in [0.05, 0.1) is 13.3 Å². The average Bonchev–Trinajstić information content (AvgIpc) is 2.00. The Balaban J connectivity index is 3.71. The molecule has 0 saturated carbocycles. The maximum absolute atomic E-state index is 3.99. The molecule has 0 aromatic heterocycles. The Hall–Kier alpha value is -0.130. The maximum Gasteiger partial charge on any atom is 0.0903 e. The van der Waals surface area contributed by atoms with E-state index in [2.05, 4.69) is 34.6 Å². The summed E-state index contributed by atoms with van der Waals surface area (Å²) in [6.45, 7) is 13.2. The highest BCUT2D eigenvalue weighted by atomic mass is 14.3. The van der Waals surface area contributed by atoms with Crippen LogP contribution in [0.15, 0.2) is 0 Å². The van der Waals surface area contributed by atoms with Gasteiger partial charge >= 0.3 is 0 Å². The van der Waals surface area contributed by atoms with Crippen molar-refractivity contribution in [3.63, 3.8) is 0 Å². The van der Waals surface area contributed by atoms with Gasteiger partial charge in [0.15, 0.2) is 0 Å². The Morgan fingerprint density at radius 1 is 1.36 bits per heavy atom. The summed E-state index contributed by atoms with van der Waals surface area (Å²) >= 11 is 0. The van der Waals surface area contributed by atoms with E-state index >= 15 is 0 Å². The number of unbranched alkanes of at least 4 members (excludes halogenated alkanes) is 1. The normalized spacial score (nSPS) is 14.9. The minimum Gasteiger partial charge on any atom is -0.0654 e. The third kappa shape index (κ3) is 3.69. The molecule has 1 unspecified atom stereocenters. The molecule has 0 amide bonds. The summed E-state index contributed by atoms with van der Waals surface area (Å²) in [6, 6.07) is 0. The van der Waals surface area contributed by atoms with Gasteiger partial charge in [-0.2, -0.15) is 0 Å². The highest BCUT2D eigenvalue weighted by Gasteiger charge is 2.25. The molecule has 0 aliphatic heterocycles. The molecule has 1 atom stereocenters. The second kappa shape index (κ2) is 4.69. The smallest absolute Gasteiger partial charge is 0.0654 e. The van der Waals surface area contributed by atoms with Gasteiger partial charge in [0.2, 0.25) is 0 Å². The maximum atomic E-state index is 3.99. The molecule has 0 rings (SSSR count). The van der Waals surface area contributed by atoms with E-state index in [0.717, 1.165) is 12.3 Å². The Morgan fingerprint density at radius 3 is 2.27 bits per heavy atom. The summed E-state index contributed by atoms with van der Waals surface area (Å²) in [5.41, 5.74) is 0.440. The van der Waals surface area contributed by atoms with Crippen molar-refractivity contribution < 1.29 is 0 Å². The molecule has 0 aliphatic rings. The van der Waals surface area contributed by atoms with E-state index in [4.69, 9.17) is 0 Å². The number of rotatable bonds is 5. The zero-order valence-corrected chi connectivity index (χ0v) is 8.61. The van der Waals surface area contributed by atoms with E-state index in [0.29, 0.717) is 5.41 Å². The molecular weight excluding hydrogens is 132 g/mol. The van der Waals surface area contributed by atoms with Crippen molar-refractivity contribution in [2.75, 3.05) is 0 Å².